The fourth-order valence-electron chi connectivity index (χ4n) is 5.59. The predicted molar refractivity (Wildman–Crippen MR) is 111 cm³/mol. The lowest BCUT2D eigenvalue weighted by atomic mass is 9.60. The van der Waals surface area contributed by atoms with Crippen LogP contribution in [0.15, 0.2) is 12.2 Å². The monoisotopic (exact) mass is 406 g/mol. The van der Waals surface area contributed by atoms with Crippen molar-refractivity contribution < 1.29 is 24.2 Å². The Balaban J connectivity index is 1.71. The Labute approximate surface area is 175 Å². The first kappa shape index (κ1) is 22.3. The Morgan fingerprint density at radius 3 is 2.69 bits per heavy atom. The van der Waals surface area contributed by atoms with E-state index in [1.807, 2.05) is 13.8 Å². The summed E-state index contributed by atoms with van der Waals surface area (Å²) in [6.45, 7) is 8.46. The van der Waals surface area contributed by atoms with Crippen molar-refractivity contribution in [1.29, 1.82) is 0 Å². The van der Waals surface area contributed by atoms with Crippen LogP contribution in [0.4, 0.5) is 0 Å². The van der Waals surface area contributed by atoms with E-state index < -0.39 is 6.10 Å². The molecule has 3 rings (SSSR count). The van der Waals surface area contributed by atoms with Crippen LogP contribution in [-0.4, -0.2) is 35.4 Å². The van der Waals surface area contributed by atoms with E-state index in [0.717, 1.165) is 32.1 Å². The Morgan fingerprint density at radius 2 is 2.00 bits per heavy atom. The molecule has 1 saturated heterocycles. The molecule has 2 aliphatic carbocycles. The van der Waals surface area contributed by atoms with Crippen LogP contribution < -0.4 is 0 Å². The van der Waals surface area contributed by atoms with Crippen LogP contribution in [0.3, 0.4) is 0 Å². The summed E-state index contributed by atoms with van der Waals surface area (Å²) in [5.74, 6) is 1.66. The smallest absolute Gasteiger partial charge is 0.308 e. The van der Waals surface area contributed by atoms with Crippen LogP contribution in [0.1, 0.15) is 72.6 Å². The van der Waals surface area contributed by atoms with Crippen molar-refractivity contribution >= 4 is 11.9 Å². The molecule has 1 saturated carbocycles. The van der Waals surface area contributed by atoms with E-state index in [0.29, 0.717) is 36.0 Å². The molecular weight excluding hydrogens is 368 g/mol. The second-order valence-corrected chi connectivity index (χ2v) is 9.79. The Hall–Kier alpha value is -1.36. The molecule has 0 aromatic heterocycles. The van der Waals surface area contributed by atoms with Crippen molar-refractivity contribution in [1.82, 2.24) is 0 Å². The van der Waals surface area contributed by atoms with Crippen LogP contribution in [-0.2, 0) is 19.1 Å². The molecule has 2 fully saturated rings. The summed E-state index contributed by atoms with van der Waals surface area (Å²) in [7, 11) is 0. The molecule has 0 bridgehead atoms. The first-order chi connectivity index (χ1) is 13.8. The van der Waals surface area contributed by atoms with Crippen LogP contribution >= 0.6 is 0 Å². The maximum atomic E-state index is 12.6. The topological polar surface area (TPSA) is 72.8 Å². The highest BCUT2D eigenvalue weighted by atomic mass is 16.5. The van der Waals surface area contributed by atoms with Gasteiger partial charge in [-0.15, -0.1) is 0 Å². The van der Waals surface area contributed by atoms with E-state index in [-0.39, 0.29) is 36.5 Å². The van der Waals surface area contributed by atoms with Crippen LogP contribution in [0.2, 0.25) is 0 Å². The lowest BCUT2D eigenvalue weighted by molar-refractivity contribution is -0.166. The van der Waals surface area contributed by atoms with E-state index in [4.69, 9.17) is 9.47 Å². The molecule has 9 atom stereocenters. The molecule has 0 spiro atoms. The minimum absolute atomic E-state index is 0.0397. The molecule has 29 heavy (non-hydrogen) atoms. The average Bonchev–Trinajstić information content (AvgIpc) is 2.65. The molecule has 1 N–H and O–H groups in total. The van der Waals surface area contributed by atoms with Gasteiger partial charge >= 0.3 is 11.9 Å². The Kier molecular flexibility index (Phi) is 7.42. The normalized spacial score (nSPS) is 40.7. The first-order valence-electron chi connectivity index (χ1n) is 11.5. The maximum Gasteiger partial charge on any atom is 0.308 e. The molecule has 0 aromatic carbocycles. The van der Waals surface area contributed by atoms with Gasteiger partial charge in [0.15, 0.2) is 0 Å². The number of rotatable bonds is 6. The van der Waals surface area contributed by atoms with Gasteiger partial charge in [0.2, 0.25) is 0 Å². The van der Waals surface area contributed by atoms with Crippen molar-refractivity contribution in [3.63, 3.8) is 0 Å². The highest BCUT2D eigenvalue weighted by Crippen LogP contribution is 2.48. The standard InChI is InChI=1S/C24H38O5/c1-5-15(3)24(27)29-21-11-14(2)10-17-7-6-16(4)20(23(17)21)9-8-19-12-18(25)13-22(26)28-19/h6-7,14-21,23,25H,5,8-13H2,1-4H3/t14-,15+,16+,17-,18-,19-,20+,21-,23+/m1/s1. The van der Waals surface area contributed by atoms with Gasteiger partial charge in [-0.25, -0.2) is 0 Å². The fourth-order valence-corrected chi connectivity index (χ4v) is 5.59. The molecular formula is C24H38O5. The fraction of sp³-hybridized carbons (Fsp3) is 0.833. The summed E-state index contributed by atoms with van der Waals surface area (Å²) in [6.07, 6.45) is 9.01. The summed E-state index contributed by atoms with van der Waals surface area (Å²) in [6, 6.07) is 0. The van der Waals surface area contributed by atoms with Gasteiger partial charge in [-0.2, -0.15) is 0 Å². The molecule has 5 nitrogen and oxygen atoms in total. The second-order valence-electron chi connectivity index (χ2n) is 9.79. The Morgan fingerprint density at radius 1 is 1.24 bits per heavy atom. The van der Waals surface area contributed by atoms with E-state index in [9.17, 15) is 14.7 Å². The van der Waals surface area contributed by atoms with Gasteiger partial charge < -0.3 is 14.6 Å². The number of hydrogen-bond donors (Lipinski definition) is 1. The molecule has 0 amide bonds. The van der Waals surface area contributed by atoms with E-state index in [1.54, 1.807) is 0 Å². The lowest BCUT2D eigenvalue weighted by Crippen LogP contribution is -2.46. The van der Waals surface area contributed by atoms with Crippen molar-refractivity contribution in [3.8, 4) is 0 Å². The number of cyclic esters (lactones) is 1. The molecule has 0 aromatic rings. The Bertz CT molecular complexity index is 614. The van der Waals surface area contributed by atoms with Crippen molar-refractivity contribution in [2.75, 3.05) is 0 Å². The van der Waals surface area contributed by atoms with Crippen LogP contribution in [0, 0.1) is 35.5 Å². The highest BCUT2D eigenvalue weighted by molar-refractivity contribution is 5.72. The van der Waals surface area contributed by atoms with Gasteiger partial charge in [0, 0.05) is 12.3 Å². The third-order valence-electron chi connectivity index (χ3n) is 7.40. The maximum absolute atomic E-state index is 12.6. The number of carbonyl (C=O) groups is 2. The van der Waals surface area contributed by atoms with Gasteiger partial charge in [-0.05, 0) is 55.8 Å². The summed E-state index contributed by atoms with van der Waals surface area (Å²) >= 11 is 0. The van der Waals surface area contributed by atoms with Gasteiger partial charge in [-0.3, -0.25) is 9.59 Å². The molecule has 1 heterocycles. The quantitative estimate of drug-likeness (QED) is 0.527. The zero-order valence-electron chi connectivity index (χ0n) is 18.4. The average molecular weight is 407 g/mol. The third kappa shape index (κ3) is 5.42. The van der Waals surface area contributed by atoms with E-state index >= 15 is 0 Å². The molecule has 5 heteroatoms. The largest absolute Gasteiger partial charge is 0.462 e. The highest BCUT2D eigenvalue weighted by Gasteiger charge is 2.45. The number of aliphatic hydroxyl groups is 1. The number of carbonyl (C=O) groups excluding carboxylic acids is 2. The summed E-state index contributed by atoms with van der Waals surface area (Å²) in [5.41, 5.74) is 0. The van der Waals surface area contributed by atoms with Gasteiger partial charge in [0.05, 0.1) is 18.4 Å². The minimum Gasteiger partial charge on any atom is -0.462 e. The SMILES string of the molecule is CC[C@H](C)C(=O)O[C@@H]1C[C@H](C)C[C@H]2C=C[C@H](C)[C@H](CC[C@@H]3C[C@@H](O)CC(=O)O3)[C@H]21. The van der Waals surface area contributed by atoms with Gasteiger partial charge in [0.25, 0.3) is 0 Å². The predicted octanol–water partition coefficient (Wildman–Crippen LogP) is 4.28. The number of allylic oxidation sites excluding steroid dienone is 2. The van der Waals surface area contributed by atoms with E-state index in [2.05, 4.69) is 26.0 Å². The first-order valence-corrected chi connectivity index (χ1v) is 11.5. The zero-order valence-corrected chi connectivity index (χ0v) is 18.4. The van der Waals surface area contributed by atoms with E-state index in [1.165, 1.54) is 0 Å². The molecule has 3 aliphatic rings. The van der Waals surface area contributed by atoms with Gasteiger partial charge in [0.1, 0.15) is 12.2 Å². The summed E-state index contributed by atoms with van der Waals surface area (Å²) in [5, 5.41) is 9.90. The summed E-state index contributed by atoms with van der Waals surface area (Å²) in [4.78, 5) is 24.2. The van der Waals surface area contributed by atoms with Crippen LogP contribution in [0.5, 0.6) is 0 Å². The zero-order chi connectivity index (χ0) is 21.1. The summed E-state index contributed by atoms with van der Waals surface area (Å²) < 4.78 is 11.6. The van der Waals surface area contributed by atoms with Crippen molar-refractivity contribution in [3.05, 3.63) is 12.2 Å². The lowest BCUT2D eigenvalue weighted by Gasteiger charge is -2.47. The van der Waals surface area contributed by atoms with Crippen molar-refractivity contribution in [2.24, 2.45) is 35.5 Å². The van der Waals surface area contributed by atoms with Crippen molar-refractivity contribution in [2.45, 2.75) is 91.0 Å². The number of esters is 2. The number of hydrogen-bond acceptors (Lipinski definition) is 5. The van der Waals surface area contributed by atoms with Gasteiger partial charge in [-0.1, -0.05) is 39.8 Å². The van der Waals surface area contributed by atoms with Crippen LogP contribution in [0.25, 0.3) is 0 Å². The molecule has 1 aliphatic heterocycles. The second kappa shape index (κ2) is 9.63. The number of fused-ring (bicyclic) bond motifs is 1. The number of aliphatic hydroxyl groups excluding tert-OH is 1. The molecule has 0 radical (unpaired) electrons. The molecule has 164 valence electrons. The number of ether oxygens (including phenoxy) is 2. The minimum atomic E-state index is -0.586. The molecule has 0 unspecified atom stereocenters. The third-order valence-corrected chi connectivity index (χ3v) is 7.40.